The summed E-state index contributed by atoms with van der Waals surface area (Å²) in [6, 6.07) is 3.75. The molecular weight excluding hydrogens is 316 g/mol. The molecular formula is C12H10BrClN4. The number of imidazole rings is 1. The number of pyridine rings is 1. The van der Waals surface area contributed by atoms with Crippen LogP contribution in [0.2, 0.25) is 5.02 Å². The number of nitrogens with zero attached hydrogens (tertiary/aromatic N) is 4. The van der Waals surface area contributed by atoms with Gasteiger partial charge in [-0.1, -0.05) is 11.6 Å². The van der Waals surface area contributed by atoms with Crippen LogP contribution in [0.4, 0.5) is 0 Å². The molecule has 0 N–H and O–H groups in total. The van der Waals surface area contributed by atoms with Gasteiger partial charge in [-0.3, -0.25) is 4.68 Å². The second-order valence-corrected chi connectivity index (χ2v) is 5.33. The molecule has 0 spiro atoms. The van der Waals surface area contributed by atoms with E-state index < -0.39 is 0 Å². The number of halogens is 2. The zero-order valence-electron chi connectivity index (χ0n) is 9.64. The summed E-state index contributed by atoms with van der Waals surface area (Å²) in [6.45, 7) is 0. The number of hydrogen-bond acceptors (Lipinski definition) is 2. The van der Waals surface area contributed by atoms with Crippen LogP contribution in [0.3, 0.4) is 0 Å². The van der Waals surface area contributed by atoms with E-state index in [4.69, 9.17) is 11.6 Å². The van der Waals surface area contributed by atoms with Crippen molar-refractivity contribution in [1.29, 1.82) is 0 Å². The van der Waals surface area contributed by atoms with Gasteiger partial charge < -0.3 is 4.40 Å². The quantitative estimate of drug-likeness (QED) is 0.726. The molecule has 0 saturated heterocycles. The molecule has 0 aliphatic heterocycles. The molecule has 0 aliphatic rings. The van der Waals surface area contributed by atoms with Gasteiger partial charge in [0.05, 0.1) is 10.7 Å². The average Bonchev–Trinajstić information content (AvgIpc) is 2.82. The third kappa shape index (κ3) is 2.15. The number of aryl methyl sites for hydroxylation is 1. The lowest BCUT2D eigenvalue weighted by Gasteiger charge is -1.92. The van der Waals surface area contributed by atoms with Gasteiger partial charge in [0.2, 0.25) is 0 Å². The van der Waals surface area contributed by atoms with Gasteiger partial charge in [-0.05, 0) is 28.1 Å². The minimum absolute atomic E-state index is 0.703. The van der Waals surface area contributed by atoms with Crippen molar-refractivity contribution in [3.63, 3.8) is 0 Å². The van der Waals surface area contributed by atoms with E-state index in [2.05, 4.69) is 26.0 Å². The summed E-state index contributed by atoms with van der Waals surface area (Å²) in [6.07, 6.45) is 6.57. The van der Waals surface area contributed by atoms with Crippen LogP contribution in [-0.2, 0) is 13.5 Å². The molecule has 0 aliphatic carbocycles. The molecule has 3 aromatic rings. The first-order valence-corrected chi connectivity index (χ1v) is 6.60. The monoisotopic (exact) mass is 324 g/mol. The predicted octanol–water partition coefficient (Wildman–Crippen LogP) is 3.07. The Bertz CT molecular complexity index is 716. The Labute approximate surface area is 117 Å². The first-order chi connectivity index (χ1) is 8.61. The predicted molar refractivity (Wildman–Crippen MR) is 73.9 cm³/mol. The first kappa shape index (κ1) is 11.7. The highest BCUT2D eigenvalue weighted by Crippen LogP contribution is 2.19. The Morgan fingerprint density at radius 1 is 1.28 bits per heavy atom. The Kier molecular flexibility index (Phi) is 2.87. The van der Waals surface area contributed by atoms with E-state index in [0.717, 1.165) is 27.9 Å². The SMILES string of the molecule is Cn1cc(Cc2cn3cc(Cl)ccc3n2)c(Br)n1. The molecule has 6 heteroatoms. The second-order valence-electron chi connectivity index (χ2n) is 4.14. The van der Waals surface area contributed by atoms with Crippen molar-refractivity contribution in [2.75, 3.05) is 0 Å². The Morgan fingerprint density at radius 3 is 2.83 bits per heavy atom. The Balaban J connectivity index is 1.97. The van der Waals surface area contributed by atoms with Gasteiger partial charge >= 0.3 is 0 Å². The molecule has 0 unspecified atom stereocenters. The van der Waals surface area contributed by atoms with Gasteiger partial charge in [-0.25, -0.2) is 4.98 Å². The van der Waals surface area contributed by atoms with Crippen molar-refractivity contribution in [2.45, 2.75) is 6.42 Å². The van der Waals surface area contributed by atoms with E-state index >= 15 is 0 Å². The zero-order valence-corrected chi connectivity index (χ0v) is 12.0. The second kappa shape index (κ2) is 4.40. The normalized spacial score (nSPS) is 11.3. The van der Waals surface area contributed by atoms with E-state index in [1.54, 1.807) is 4.68 Å². The highest BCUT2D eigenvalue weighted by atomic mass is 79.9. The van der Waals surface area contributed by atoms with Crippen LogP contribution in [0.5, 0.6) is 0 Å². The van der Waals surface area contributed by atoms with Crippen LogP contribution in [0.15, 0.2) is 35.3 Å². The lowest BCUT2D eigenvalue weighted by Crippen LogP contribution is -1.87. The summed E-state index contributed by atoms with van der Waals surface area (Å²) in [5.74, 6) is 0. The molecule has 0 fully saturated rings. The van der Waals surface area contributed by atoms with Gasteiger partial charge in [0.15, 0.2) is 0 Å². The van der Waals surface area contributed by atoms with Crippen molar-refractivity contribution >= 4 is 33.2 Å². The Morgan fingerprint density at radius 2 is 2.11 bits per heavy atom. The smallest absolute Gasteiger partial charge is 0.137 e. The molecule has 92 valence electrons. The maximum atomic E-state index is 5.95. The Hall–Kier alpha value is -1.33. The topological polar surface area (TPSA) is 35.1 Å². The standard InChI is InChI=1S/C12H10BrClN4/c1-17-5-8(12(13)16-17)4-10-7-18-6-9(14)2-3-11(18)15-10/h2-3,5-7H,4H2,1H3. The summed E-state index contributed by atoms with van der Waals surface area (Å²) in [5, 5.41) is 4.96. The van der Waals surface area contributed by atoms with Crippen molar-refractivity contribution in [3.8, 4) is 0 Å². The highest BCUT2D eigenvalue weighted by molar-refractivity contribution is 9.10. The summed E-state index contributed by atoms with van der Waals surface area (Å²) in [5.41, 5.74) is 3.01. The molecule has 0 saturated carbocycles. The first-order valence-electron chi connectivity index (χ1n) is 5.43. The van der Waals surface area contributed by atoms with Crippen molar-refractivity contribution in [3.05, 3.63) is 51.6 Å². The lowest BCUT2D eigenvalue weighted by molar-refractivity contribution is 0.760. The van der Waals surface area contributed by atoms with Gasteiger partial charge in [0, 0.05) is 37.6 Å². The van der Waals surface area contributed by atoms with Crippen LogP contribution in [-0.4, -0.2) is 19.2 Å². The summed E-state index contributed by atoms with van der Waals surface area (Å²) >= 11 is 9.39. The molecule has 18 heavy (non-hydrogen) atoms. The molecule has 0 bridgehead atoms. The minimum Gasteiger partial charge on any atom is -0.305 e. The van der Waals surface area contributed by atoms with E-state index in [1.165, 1.54) is 0 Å². The minimum atomic E-state index is 0.703. The van der Waals surface area contributed by atoms with Crippen molar-refractivity contribution in [1.82, 2.24) is 19.2 Å². The number of aromatic nitrogens is 4. The van der Waals surface area contributed by atoms with Gasteiger partial charge in [0.1, 0.15) is 10.3 Å². The largest absolute Gasteiger partial charge is 0.305 e. The van der Waals surface area contributed by atoms with Crippen LogP contribution >= 0.6 is 27.5 Å². The van der Waals surface area contributed by atoms with E-state index in [1.807, 2.05) is 42.2 Å². The molecule has 4 nitrogen and oxygen atoms in total. The number of hydrogen-bond donors (Lipinski definition) is 0. The number of fused-ring (bicyclic) bond motifs is 1. The van der Waals surface area contributed by atoms with Gasteiger partial charge in [-0.2, -0.15) is 5.10 Å². The third-order valence-corrected chi connectivity index (χ3v) is 3.58. The molecule has 3 rings (SSSR count). The maximum Gasteiger partial charge on any atom is 0.137 e. The highest BCUT2D eigenvalue weighted by Gasteiger charge is 2.08. The van der Waals surface area contributed by atoms with Crippen LogP contribution in [0, 0.1) is 0 Å². The van der Waals surface area contributed by atoms with E-state index in [0.29, 0.717) is 5.02 Å². The fourth-order valence-electron chi connectivity index (χ4n) is 1.93. The molecule has 0 amide bonds. The zero-order chi connectivity index (χ0) is 12.7. The molecule has 0 atom stereocenters. The average molecular weight is 326 g/mol. The molecule has 0 aromatic carbocycles. The molecule has 3 aromatic heterocycles. The molecule has 0 radical (unpaired) electrons. The summed E-state index contributed by atoms with van der Waals surface area (Å²) < 4.78 is 4.58. The van der Waals surface area contributed by atoms with E-state index in [-0.39, 0.29) is 0 Å². The van der Waals surface area contributed by atoms with Gasteiger partial charge in [-0.15, -0.1) is 0 Å². The van der Waals surface area contributed by atoms with Gasteiger partial charge in [0.25, 0.3) is 0 Å². The maximum absolute atomic E-state index is 5.95. The molecule has 3 heterocycles. The summed E-state index contributed by atoms with van der Waals surface area (Å²) in [7, 11) is 1.90. The van der Waals surface area contributed by atoms with Crippen LogP contribution < -0.4 is 0 Å². The fraction of sp³-hybridized carbons (Fsp3) is 0.167. The van der Waals surface area contributed by atoms with Crippen LogP contribution in [0.25, 0.3) is 5.65 Å². The summed E-state index contributed by atoms with van der Waals surface area (Å²) in [4.78, 5) is 4.55. The number of rotatable bonds is 2. The van der Waals surface area contributed by atoms with Crippen molar-refractivity contribution in [2.24, 2.45) is 7.05 Å². The fourth-order valence-corrected chi connectivity index (χ4v) is 2.59. The lowest BCUT2D eigenvalue weighted by atomic mass is 10.2. The third-order valence-electron chi connectivity index (χ3n) is 2.69. The van der Waals surface area contributed by atoms with E-state index in [9.17, 15) is 0 Å². The van der Waals surface area contributed by atoms with Crippen molar-refractivity contribution < 1.29 is 0 Å². The van der Waals surface area contributed by atoms with Crippen LogP contribution in [0.1, 0.15) is 11.3 Å².